The Bertz CT molecular complexity index is 483. The van der Waals surface area contributed by atoms with E-state index in [2.05, 4.69) is 15.9 Å². The molecule has 104 valence electrons. The number of carboxylic acid groups (broad SMARTS) is 1. The van der Waals surface area contributed by atoms with E-state index in [0.29, 0.717) is 17.4 Å². The lowest BCUT2D eigenvalue weighted by Crippen LogP contribution is -2.10. The molecule has 1 aromatic carbocycles. The average molecular weight is 329 g/mol. The second kappa shape index (κ2) is 5.82. The molecule has 0 saturated heterocycles. The second-order valence-corrected chi connectivity index (χ2v) is 5.60. The van der Waals surface area contributed by atoms with Gasteiger partial charge in [-0.15, -0.1) is 0 Å². The molecule has 1 saturated carbocycles. The number of carbonyl (C=O) groups is 1. The molecule has 1 atom stereocenters. The maximum Gasteiger partial charge on any atom is 0.303 e. The molecule has 0 aromatic heterocycles. The van der Waals surface area contributed by atoms with Crippen molar-refractivity contribution in [1.82, 2.24) is 0 Å². The SMILES string of the molecule is COc1c(Br)ccc(C(CC(=O)O)C2CC2)c1OC. The van der Waals surface area contributed by atoms with Crippen molar-refractivity contribution in [2.24, 2.45) is 5.92 Å². The fourth-order valence-electron chi connectivity index (χ4n) is 2.46. The smallest absolute Gasteiger partial charge is 0.303 e. The lowest BCUT2D eigenvalue weighted by Gasteiger charge is -2.20. The molecule has 1 aliphatic carbocycles. The summed E-state index contributed by atoms with van der Waals surface area (Å²) < 4.78 is 11.6. The first-order chi connectivity index (χ1) is 9.08. The normalized spacial score (nSPS) is 15.9. The largest absolute Gasteiger partial charge is 0.493 e. The molecule has 1 unspecified atom stereocenters. The molecule has 0 radical (unpaired) electrons. The van der Waals surface area contributed by atoms with Crippen LogP contribution in [0.25, 0.3) is 0 Å². The number of rotatable bonds is 6. The van der Waals surface area contributed by atoms with Crippen LogP contribution >= 0.6 is 15.9 Å². The summed E-state index contributed by atoms with van der Waals surface area (Å²) in [6, 6.07) is 3.81. The standard InChI is InChI=1S/C14H17BrO4/c1-18-13-9(5-6-11(15)14(13)19-2)10(7-12(16)17)8-3-4-8/h5-6,8,10H,3-4,7H2,1-2H3,(H,16,17). The average Bonchev–Trinajstić information content (AvgIpc) is 3.19. The van der Waals surface area contributed by atoms with Gasteiger partial charge >= 0.3 is 5.97 Å². The van der Waals surface area contributed by atoms with Gasteiger partial charge in [-0.2, -0.15) is 0 Å². The Morgan fingerprint density at radius 1 is 1.37 bits per heavy atom. The maximum absolute atomic E-state index is 11.1. The first kappa shape index (κ1) is 14.2. The summed E-state index contributed by atoms with van der Waals surface area (Å²) in [4.78, 5) is 11.1. The molecular weight excluding hydrogens is 312 g/mol. The van der Waals surface area contributed by atoms with Crippen LogP contribution < -0.4 is 9.47 Å². The zero-order valence-electron chi connectivity index (χ0n) is 11.0. The van der Waals surface area contributed by atoms with Crippen molar-refractivity contribution in [2.45, 2.75) is 25.2 Å². The summed E-state index contributed by atoms with van der Waals surface area (Å²) in [5.41, 5.74) is 0.924. The van der Waals surface area contributed by atoms with E-state index in [-0.39, 0.29) is 12.3 Å². The van der Waals surface area contributed by atoms with E-state index in [4.69, 9.17) is 14.6 Å². The minimum Gasteiger partial charge on any atom is -0.493 e. The number of aliphatic carboxylic acids is 1. The number of benzene rings is 1. The Hall–Kier alpha value is -1.23. The van der Waals surface area contributed by atoms with E-state index < -0.39 is 5.97 Å². The van der Waals surface area contributed by atoms with E-state index >= 15 is 0 Å². The third kappa shape index (κ3) is 3.03. The molecule has 0 heterocycles. The highest BCUT2D eigenvalue weighted by molar-refractivity contribution is 9.10. The highest BCUT2D eigenvalue weighted by Crippen LogP contribution is 2.50. The van der Waals surface area contributed by atoms with E-state index in [0.717, 1.165) is 22.9 Å². The topological polar surface area (TPSA) is 55.8 Å². The molecule has 1 N–H and O–H groups in total. The van der Waals surface area contributed by atoms with Gasteiger partial charge in [0.25, 0.3) is 0 Å². The molecular formula is C14H17BrO4. The van der Waals surface area contributed by atoms with Crippen molar-refractivity contribution < 1.29 is 19.4 Å². The van der Waals surface area contributed by atoms with Crippen molar-refractivity contribution in [1.29, 1.82) is 0 Å². The number of carboxylic acids is 1. The Morgan fingerprint density at radius 2 is 2.00 bits per heavy atom. The predicted molar refractivity (Wildman–Crippen MR) is 75.0 cm³/mol. The minimum atomic E-state index is -0.777. The van der Waals surface area contributed by atoms with Gasteiger partial charge in [-0.3, -0.25) is 4.79 Å². The lowest BCUT2D eigenvalue weighted by molar-refractivity contribution is -0.137. The summed E-state index contributed by atoms with van der Waals surface area (Å²) in [6.07, 6.45) is 2.30. The van der Waals surface area contributed by atoms with Crippen LogP contribution in [0.4, 0.5) is 0 Å². The molecule has 1 aliphatic rings. The number of hydrogen-bond donors (Lipinski definition) is 1. The van der Waals surface area contributed by atoms with Crippen LogP contribution in [0.15, 0.2) is 16.6 Å². The van der Waals surface area contributed by atoms with Crippen molar-refractivity contribution >= 4 is 21.9 Å². The van der Waals surface area contributed by atoms with E-state index in [9.17, 15) is 4.79 Å². The summed E-state index contributed by atoms with van der Waals surface area (Å²) >= 11 is 3.41. The highest BCUT2D eigenvalue weighted by Gasteiger charge is 2.36. The summed E-state index contributed by atoms with van der Waals surface area (Å²) in [6.45, 7) is 0. The van der Waals surface area contributed by atoms with Gasteiger partial charge in [-0.25, -0.2) is 0 Å². The summed E-state index contributed by atoms with van der Waals surface area (Å²) in [7, 11) is 3.16. The van der Waals surface area contributed by atoms with Crippen LogP contribution in [0, 0.1) is 5.92 Å². The minimum absolute atomic E-state index is 0.00514. The predicted octanol–water partition coefficient (Wildman–Crippen LogP) is 3.43. The van der Waals surface area contributed by atoms with Crippen LogP contribution in [0.2, 0.25) is 0 Å². The molecule has 1 aromatic rings. The Kier molecular flexibility index (Phi) is 4.34. The third-order valence-corrected chi connectivity index (χ3v) is 4.11. The molecule has 0 spiro atoms. The Balaban J connectivity index is 2.43. The van der Waals surface area contributed by atoms with E-state index in [1.165, 1.54) is 0 Å². The number of ether oxygens (including phenoxy) is 2. The summed E-state index contributed by atoms with van der Waals surface area (Å²) in [5, 5.41) is 9.09. The van der Waals surface area contributed by atoms with Gasteiger partial charge in [-0.1, -0.05) is 6.07 Å². The third-order valence-electron chi connectivity index (χ3n) is 3.49. The fraction of sp³-hybridized carbons (Fsp3) is 0.500. The van der Waals surface area contributed by atoms with Gasteiger partial charge in [0.1, 0.15) is 0 Å². The van der Waals surface area contributed by atoms with Gasteiger partial charge in [0.2, 0.25) is 0 Å². The van der Waals surface area contributed by atoms with Crippen molar-refractivity contribution in [3.8, 4) is 11.5 Å². The van der Waals surface area contributed by atoms with Crippen LogP contribution in [0.5, 0.6) is 11.5 Å². The number of halogens is 1. The Morgan fingerprint density at radius 3 is 2.47 bits per heavy atom. The second-order valence-electron chi connectivity index (χ2n) is 4.74. The zero-order chi connectivity index (χ0) is 14.0. The van der Waals surface area contributed by atoms with Crippen LogP contribution in [-0.4, -0.2) is 25.3 Å². The quantitative estimate of drug-likeness (QED) is 0.869. The maximum atomic E-state index is 11.1. The first-order valence-electron chi connectivity index (χ1n) is 6.20. The van der Waals surface area contributed by atoms with Crippen LogP contribution in [-0.2, 0) is 4.79 Å². The zero-order valence-corrected chi connectivity index (χ0v) is 12.6. The van der Waals surface area contributed by atoms with Crippen molar-refractivity contribution in [3.05, 3.63) is 22.2 Å². The van der Waals surface area contributed by atoms with Gasteiger partial charge in [-0.05, 0) is 40.8 Å². The summed E-state index contributed by atoms with van der Waals surface area (Å²) in [5.74, 6) is 0.914. The molecule has 0 amide bonds. The van der Waals surface area contributed by atoms with Gasteiger partial charge in [0.05, 0.1) is 25.1 Å². The van der Waals surface area contributed by atoms with Crippen LogP contribution in [0.1, 0.15) is 30.7 Å². The number of hydrogen-bond acceptors (Lipinski definition) is 3. The molecule has 4 nitrogen and oxygen atoms in total. The molecule has 0 bridgehead atoms. The fourth-order valence-corrected chi connectivity index (χ4v) is 2.94. The monoisotopic (exact) mass is 328 g/mol. The first-order valence-corrected chi connectivity index (χ1v) is 7.00. The molecule has 1 fully saturated rings. The van der Waals surface area contributed by atoms with E-state index in [1.54, 1.807) is 14.2 Å². The highest BCUT2D eigenvalue weighted by atomic mass is 79.9. The lowest BCUT2D eigenvalue weighted by atomic mass is 9.90. The van der Waals surface area contributed by atoms with Crippen molar-refractivity contribution in [3.63, 3.8) is 0 Å². The van der Waals surface area contributed by atoms with Gasteiger partial charge in [0, 0.05) is 11.5 Å². The van der Waals surface area contributed by atoms with E-state index in [1.807, 2.05) is 12.1 Å². The van der Waals surface area contributed by atoms with Crippen LogP contribution in [0.3, 0.4) is 0 Å². The van der Waals surface area contributed by atoms with Gasteiger partial charge < -0.3 is 14.6 Å². The van der Waals surface area contributed by atoms with Crippen molar-refractivity contribution in [2.75, 3.05) is 14.2 Å². The molecule has 2 rings (SSSR count). The van der Waals surface area contributed by atoms with Gasteiger partial charge in [0.15, 0.2) is 11.5 Å². The Labute approximate surface area is 120 Å². The molecule has 19 heavy (non-hydrogen) atoms. The molecule has 5 heteroatoms. The number of methoxy groups -OCH3 is 2. The molecule has 0 aliphatic heterocycles.